The van der Waals surface area contributed by atoms with Crippen molar-refractivity contribution >= 4 is 34.7 Å². The van der Waals surface area contributed by atoms with Crippen LogP contribution in [0.4, 0.5) is 11.8 Å². The van der Waals surface area contributed by atoms with Crippen LogP contribution in [0.5, 0.6) is 0 Å². The van der Waals surface area contributed by atoms with Gasteiger partial charge in [-0.2, -0.15) is 16.3 Å². The zero-order chi connectivity index (χ0) is 17.3. The summed E-state index contributed by atoms with van der Waals surface area (Å²) in [6.07, 6.45) is -1.25. The maximum absolute atomic E-state index is 10.3. The normalized spacial score (nSPS) is 26.7. The molecule has 4 atom stereocenters. The Hall–Kier alpha value is -1.45. The van der Waals surface area contributed by atoms with Crippen molar-refractivity contribution in [2.75, 3.05) is 24.8 Å². The van der Waals surface area contributed by atoms with Gasteiger partial charge in [-0.15, -0.1) is 0 Å². The van der Waals surface area contributed by atoms with Crippen molar-refractivity contribution in [2.45, 2.75) is 24.7 Å². The molecule has 24 heavy (non-hydrogen) atoms. The van der Waals surface area contributed by atoms with E-state index in [1.54, 1.807) is 7.11 Å². The molecule has 0 saturated heterocycles. The molecule has 0 radical (unpaired) electrons. The Balaban J connectivity index is 1.90. The third-order valence-corrected chi connectivity index (χ3v) is 5.15. The Labute approximate surface area is 148 Å². The number of hydrogen-bond donors (Lipinski definition) is 4. The minimum Gasteiger partial charge on any atom is -0.390 e. The lowest BCUT2D eigenvalue weighted by Crippen LogP contribution is -2.35. The zero-order valence-corrected chi connectivity index (χ0v) is 14.6. The van der Waals surface area contributed by atoms with Crippen LogP contribution in [0.3, 0.4) is 0 Å². The van der Waals surface area contributed by atoms with Crippen LogP contribution in [-0.2, 0) is 4.74 Å². The first kappa shape index (κ1) is 17.4. The van der Waals surface area contributed by atoms with Gasteiger partial charge in [0, 0.05) is 13.0 Å². The Morgan fingerprint density at radius 2 is 2.21 bits per heavy atom. The number of aliphatic hydroxyl groups excluding tert-OH is 2. The van der Waals surface area contributed by atoms with E-state index in [9.17, 15) is 10.2 Å². The molecular formula is C15H19ClN4O3S. The summed E-state index contributed by atoms with van der Waals surface area (Å²) in [5, 5.41) is 27.7. The molecule has 9 heteroatoms. The Morgan fingerprint density at radius 3 is 2.88 bits per heavy atom. The van der Waals surface area contributed by atoms with Crippen LogP contribution in [0.25, 0.3) is 11.1 Å². The number of nitrogen functional groups attached to an aromatic ring is 1. The summed E-state index contributed by atoms with van der Waals surface area (Å²) in [6, 6.07) is 1.52. The molecule has 2 heterocycles. The SMILES string of the molecule is COC[C@H]1C[C@@H](Nc2nc(N)nc(Cl)c2-c2ccsc2)[C@H](O)[C@@H]1O. The second-order valence-electron chi connectivity index (χ2n) is 5.79. The molecule has 0 aliphatic heterocycles. The number of hydrogen-bond acceptors (Lipinski definition) is 8. The second kappa shape index (κ2) is 7.20. The summed E-state index contributed by atoms with van der Waals surface area (Å²) >= 11 is 7.78. The quantitative estimate of drug-likeness (QED) is 0.591. The van der Waals surface area contributed by atoms with Crippen molar-refractivity contribution in [1.29, 1.82) is 0 Å². The van der Waals surface area contributed by atoms with Crippen molar-refractivity contribution in [1.82, 2.24) is 9.97 Å². The number of thiophene rings is 1. The first-order chi connectivity index (χ1) is 11.5. The number of nitrogens with zero attached hydrogens (tertiary/aromatic N) is 2. The Kier molecular flexibility index (Phi) is 5.21. The maximum atomic E-state index is 10.3. The largest absolute Gasteiger partial charge is 0.390 e. The van der Waals surface area contributed by atoms with E-state index >= 15 is 0 Å². The summed E-state index contributed by atoms with van der Waals surface area (Å²) < 4.78 is 5.10. The number of anilines is 2. The molecule has 5 N–H and O–H groups in total. The molecule has 1 fully saturated rings. The van der Waals surface area contributed by atoms with Crippen molar-refractivity contribution in [2.24, 2.45) is 5.92 Å². The fraction of sp³-hybridized carbons (Fsp3) is 0.467. The van der Waals surface area contributed by atoms with Crippen LogP contribution in [0.2, 0.25) is 5.15 Å². The third-order valence-electron chi connectivity index (χ3n) is 4.20. The lowest BCUT2D eigenvalue weighted by Gasteiger charge is -2.20. The van der Waals surface area contributed by atoms with Gasteiger partial charge in [-0.1, -0.05) is 11.6 Å². The first-order valence-corrected chi connectivity index (χ1v) is 8.80. The van der Waals surface area contributed by atoms with E-state index in [4.69, 9.17) is 22.1 Å². The average Bonchev–Trinajstić information content (AvgIpc) is 3.13. The first-order valence-electron chi connectivity index (χ1n) is 7.48. The standard InChI is InChI=1S/C15H19ClN4O3S/c1-23-5-8-4-9(12(22)11(8)21)18-14-10(7-2-3-24-6-7)13(16)19-15(17)20-14/h2-3,6,8-9,11-12,21-22H,4-5H2,1H3,(H3,17,18,19,20)/t8-,9-,11-,12+/m1/s1. The summed E-state index contributed by atoms with van der Waals surface area (Å²) in [6.45, 7) is 0.375. The number of methoxy groups -OCH3 is 1. The minimum atomic E-state index is -0.935. The van der Waals surface area contributed by atoms with Gasteiger partial charge in [0.05, 0.1) is 24.3 Å². The van der Waals surface area contributed by atoms with Crippen molar-refractivity contribution in [3.8, 4) is 11.1 Å². The van der Waals surface area contributed by atoms with Crippen LogP contribution in [0.1, 0.15) is 6.42 Å². The molecule has 2 aromatic heterocycles. The smallest absolute Gasteiger partial charge is 0.223 e. The summed E-state index contributed by atoms with van der Waals surface area (Å²) in [7, 11) is 1.57. The fourth-order valence-electron chi connectivity index (χ4n) is 3.04. The van der Waals surface area contributed by atoms with E-state index in [1.165, 1.54) is 11.3 Å². The van der Waals surface area contributed by atoms with Gasteiger partial charge < -0.3 is 26.0 Å². The van der Waals surface area contributed by atoms with E-state index in [0.29, 0.717) is 24.4 Å². The molecule has 0 spiro atoms. The molecule has 3 rings (SSSR count). The monoisotopic (exact) mass is 370 g/mol. The highest BCUT2D eigenvalue weighted by atomic mass is 35.5. The lowest BCUT2D eigenvalue weighted by molar-refractivity contribution is -0.00195. The van der Waals surface area contributed by atoms with Crippen LogP contribution >= 0.6 is 22.9 Å². The number of halogens is 1. The second-order valence-corrected chi connectivity index (χ2v) is 6.93. The summed E-state index contributed by atoms with van der Waals surface area (Å²) in [4.78, 5) is 8.24. The van der Waals surface area contributed by atoms with E-state index in [0.717, 1.165) is 5.56 Å². The van der Waals surface area contributed by atoms with E-state index < -0.39 is 12.2 Å². The number of aromatic nitrogens is 2. The van der Waals surface area contributed by atoms with Crippen LogP contribution < -0.4 is 11.1 Å². The maximum Gasteiger partial charge on any atom is 0.223 e. The number of ether oxygens (including phenoxy) is 1. The van der Waals surface area contributed by atoms with Gasteiger partial charge >= 0.3 is 0 Å². The van der Waals surface area contributed by atoms with Gasteiger partial charge in [-0.05, 0) is 28.8 Å². The van der Waals surface area contributed by atoms with Crippen LogP contribution in [0, 0.1) is 5.92 Å². The molecule has 0 amide bonds. The van der Waals surface area contributed by atoms with Crippen molar-refractivity contribution < 1.29 is 14.9 Å². The zero-order valence-electron chi connectivity index (χ0n) is 13.0. The highest BCUT2D eigenvalue weighted by molar-refractivity contribution is 7.08. The fourth-order valence-corrected chi connectivity index (χ4v) is 3.97. The van der Waals surface area contributed by atoms with Crippen LogP contribution in [-0.4, -0.2) is 52.1 Å². The van der Waals surface area contributed by atoms with Crippen molar-refractivity contribution in [3.63, 3.8) is 0 Å². The topological polar surface area (TPSA) is 114 Å². The molecule has 1 aliphatic rings. The predicted molar refractivity (Wildman–Crippen MR) is 94.2 cm³/mol. The highest BCUT2D eigenvalue weighted by Gasteiger charge is 2.41. The van der Waals surface area contributed by atoms with E-state index in [2.05, 4.69) is 15.3 Å². The van der Waals surface area contributed by atoms with E-state index in [-0.39, 0.29) is 23.1 Å². The third kappa shape index (κ3) is 3.33. The molecule has 1 aliphatic carbocycles. The average molecular weight is 371 g/mol. The molecule has 0 aromatic carbocycles. The molecule has 1 saturated carbocycles. The molecule has 0 unspecified atom stereocenters. The predicted octanol–water partition coefficient (Wildman–Crippen LogP) is 1.61. The summed E-state index contributed by atoms with van der Waals surface area (Å²) in [5.74, 6) is 0.338. The van der Waals surface area contributed by atoms with Crippen molar-refractivity contribution in [3.05, 3.63) is 22.0 Å². The number of aliphatic hydroxyl groups is 2. The molecule has 7 nitrogen and oxygen atoms in total. The van der Waals surface area contributed by atoms with Crippen LogP contribution in [0.15, 0.2) is 16.8 Å². The molecule has 2 aromatic rings. The Morgan fingerprint density at radius 1 is 1.42 bits per heavy atom. The van der Waals surface area contributed by atoms with Gasteiger partial charge in [0.15, 0.2) is 0 Å². The summed E-state index contributed by atoms with van der Waals surface area (Å²) in [5.41, 5.74) is 7.22. The Bertz CT molecular complexity index is 700. The van der Waals surface area contributed by atoms with E-state index in [1.807, 2.05) is 16.8 Å². The number of nitrogens with one attached hydrogen (secondary N) is 1. The van der Waals surface area contributed by atoms with Gasteiger partial charge in [0.2, 0.25) is 5.95 Å². The van der Waals surface area contributed by atoms with Gasteiger partial charge in [0.1, 0.15) is 17.1 Å². The highest BCUT2D eigenvalue weighted by Crippen LogP contribution is 2.37. The molecule has 0 bridgehead atoms. The van der Waals surface area contributed by atoms with Gasteiger partial charge in [-0.3, -0.25) is 0 Å². The molecule has 130 valence electrons. The minimum absolute atomic E-state index is 0.0444. The number of rotatable bonds is 5. The number of nitrogens with two attached hydrogens (primary N) is 1. The molecular weight excluding hydrogens is 352 g/mol. The lowest BCUT2D eigenvalue weighted by atomic mass is 10.1. The van der Waals surface area contributed by atoms with Gasteiger partial charge in [-0.25, -0.2) is 4.98 Å². The van der Waals surface area contributed by atoms with Gasteiger partial charge in [0.25, 0.3) is 0 Å².